The Morgan fingerprint density at radius 3 is 2.35 bits per heavy atom. The van der Waals surface area contributed by atoms with Gasteiger partial charge in [0.1, 0.15) is 11.5 Å². The van der Waals surface area contributed by atoms with Crippen molar-refractivity contribution >= 4 is 34.8 Å². The zero-order valence-corrected chi connectivity index (χ0v) is 13.1. The van der Waals surface area contributed by atoms with Gasteiger partial charge in [0, 0.05) is 17.7 Å². The average Bonchev–Trinajstić information content (AvgIpc) is 2.44. The van der Waals surface area contributed by atoms with Crippen molar-refractivity contribution in [2.24, 2.45) is 5.73 Å². The predicted molar refractivity (Wildman–Crippen MR) is 85.2 cm³/mol. The van der Waals surface area contributed by atoms with E-state index in [0.717, 1.165) is 12.0 Å². The van der Waals surface area contributed by atoms with Crippen molar-refractivity contribution in [3.8, 4) is 11.5 Å². The van der Waals surface area contributed by atoms with Crippen molar-refractivity contribution in [1.82, 2.24) is 0 Å². The molecular weight excluding hydrogens is 317 g/mol. The molecule has 0 aromatic heterocycles. The van der Waals surface area contributed by atoms with Crippen molar-refractivity contribution in [3.05, 3.63) is 57.0 Å². The third kappa shape index (κ3) is 3.39. The summed E-state index contributed by atoms with van der Waals surface area (Å²) in [6.45, 7) is 2.02. The van der Waals surface area contributed by atoms with Crippen LogP contribution in [0.3, 0.4) is 0 Å². The number of para-hydroxylation sites is 1. The number of nitrogens with two attached hydrogens (primary N) is 1. The standard InChI is InChI=1S/C15H14Cl3NO/c1-2-13(19)9-5-3-4-6-14(9)20-15-8-11(17)10(16)7-12(15)18/h3-8,13H,2,19H2,1H3/t13-/m1/s1. The van der Waals surface area contributed by atoms with Crippen LogP contribution in [0.2, 0.25) is 15.1 Å². The fourth-order valence-electron chi connectivity index (χ4n) is 1.80. The maximum absolute atomic E-state index is 6.12. The summed E-state index contributed by atoms with van der Waals surface area (Å²) in [4.78, 5) is 0. The monoisotopic (exact) mass is 329 g/mol. The molecule has 0 fully saturated rings. The minimum Gasteiger partial charge on any atom is -0.455 e. The van der Waals surface area contributed by atoms with Crippen LogP contribution in [-0.4, -0.2) is 0 Å². The summed E-state index contributed by atoms with van der Waals surface area (Å²) < 4.78 is 5.84. The quantitative estimate of drug-likeness (QED) is 0.714. The molecule has 5 heteroatoms. The van der Waals surface area contributed by atoms with Gasteiger partial charge in [0.05, 0.1) is 15.1 Å². The number of hydrogen-bond donors (Lipinski definition) is 1. The first-order valence-electron chi connectivity index (χ1n) is 6.19. The molecule has 106 valence electrons. The van der Waals surface area contributed by atoms with E-state index >= 15 is 0 Å². The SMILES string of the molecule is CC[C@@H](N)c1ccccc1Oc1cc(Cl)c(Cl)cc1Cl. The molecule has 20 heavy (non-hydrogen) atoms. The van der Waals surface area contributed by atoms with Crippen LogP contribution in [0.25, 0.3) is 0 Å². The minimum atomic E-state index is -0.0900. The maximum atomic E-state index is 6.12. The molecule has 0 aliphatic heterocycles. The van der Waals surface area contributed by atoms with Gasteiger partial charge in [-0.15, -0.1) is 0 Å². The largest absolute Gasteiger partial charge is 0.455 e. The topological polar surface area (TPSA) is 35.2 Å². The molecule has 0 saturated heterocycles. The van der Waals surface area contributed by atoms with Crippen molar-refractivity contribution in [1.29, 1.82) is 0 Å². The van der Waals surface area contributed by atoms with E-state index < -0.39 is 0 Å². The van der Waals surface area contributed by atoms with E-state index in [9.17, 15) is 0 Å². The lowest BCUT2D eigenvalue weighted by molar-refractivity contribution is 0.469. The van der Waals surface area contributed by atoms with Crippen molar-refractivity contribution in [2.75, 3.05) is 0 Å². The minimum absolute atomic E-state index is 0.0900. The van der Waals surface area contributed by atoms with Crippen molar-refractivity contribution in [3.63, 3.8) is 0 Å². The Morgan fingerprint density at radius 1 is 1.00 bits per heavy atom. The molecule has 1 atom stereocenters. The highest BCUT2D eigenvalue weighted by atomic mass is 35.5. The van der Waals surface area contributed by atoms with Gasteiger partial charge in [0.2, 0.25) is 0 Å². The van der Waals surface area contributed by atoms with Gasteiger partial charge < -0.3 is 10.5 Å². The summed E-state index contributed by atoms with van der Waals surface area (Å²) in [5.74, 6) is 1.12. The molecule has 0 aliphatic carbocycles. The molecule has 2 nitrogen and oxygen atoms in total. The molecule has 0 unspecified atom stereocenters. The lowest BCUT2D eigenvalue weighted by Gasteiger charge is -2.16. The Labute approximate surface area is 133 Å². The second-order valence-corrected chi connectivity index (χ2v) is 5.57. The fourth-order valence-corrected chi connectivity index (χ4v) is 2.38. The first-order chi connectivity index (χ1) is 9.52. The van der Waals surface area contributed by atoms with Crippen LogP contribution in [0.4, 0.5) is 0 Å². The summed E-state index contributed by atoms with van der Waals surface area (Å²) in [6.07, 6.45) is 0.815. The molecule has 2 rings (SSSR count). The van der Waals surface area contributed by atoms with E-state index in [1.807, 2.05) is 31.2 Å². The summed E-state index contributed by atoms with van der Waals surface area (Å²) >= 11 is 18.0. The molecule has 0 saturated carbocycles. The Bertz CT molecular complexity index is 616. The van der Waals surface area contributed by atoms with Crippen LogP contribution in [-0.2, 0) is 0 Å². The Hall–Kier alpha value is -0.930. The highest BCUT2D eigenvalue weighted by molar-refractivity contribution is 6.43. The molecule has 2 N–H and O–H groups in total. The first kappa shape index (κ1) is 15.5. The Balaban J connectivity index is 2.38. The number of halogens is 3. The fraction of sp³-hybridized carbons (Fsp3) is 0.200. The predicted octanol–water partition coefficient (Wildman–Crippen LogP) is 5.85. The molecule has 0 amide bonds. The highest BCUT2D eigenvalue weighted by Gasteiger charge is 2.13. The van der Waals surface area contributed by atoms with Gasteiger partial charge in [-0.2, -0.15) is 0 Å². The number of hydrogen-bond acceptors (Lipinski definition) is 2. The van der Waals surface area contributed by atoms with Gasteiger partial charge in [-0.25, -0.2) is 0 Å². The van der Waals surface area contributed by atoms with E-state index in [2.05, 4.69) is 0 Å². The van der Waals surface area contributed by atoms with E-state index in [1.165, 1.54) is 0 Å². The molecule has 0 bridgehead atoms. The van der Waals surface area contributed by atoms with Gasteiger partial charge in [-0.1, -0.05) is 59.9 Å². The lowest BCUT2D eigenvalue weighted by Crippen LogP contribution is -2.09. The molecule has 0 heterocycles. The molecule has 0 spiro atoms. The molecule has 2 aromatic carbocycles. The second kappa shape index (κ2) is 6.68. The summed E-state index contributed by atoms with van der Waals surface area (Å²) in [7, 11) is 0. The van der Waals surface area contributed by atoms with E-state index in [4.69, 9.17) is 45.3 Å². The van der Waals surface area contributed by atoms with Crippen LogP contribution >= 0.6 is 34.8 Å². The second-order valence-electron chi connectivity index (χ2n) is 4.35. The summed E-state index contributed by atoms with van der Waals surface area (Å²) in [5.41, 5.74) is 7.01. The van der Waals surface area contributed by atoms with Gasteiger partial charge in [-0.3, -0.25) is 0 Å². The Kier molecular flexibility index (Phi) is 5.17. The molecule has 0 aliphatic rings. The van der Waals surface area contributed by atoms with Crippen LogP contribution in [0.5, 0.6) is 11.5 Å². The van der Waals surface area contributed by atoms with Crippen LogP contribution in [0.1, 0.15) is 24.9 Å². The van der Waals surface area contributed by atoms with E-state index in [0.29, 0.717) is 26.6 Å². The molecule has 0 radical (unpaired) electrons. The number of rotatable bonds is 4. The Morgan fingerprint density at radius 2 is 1.65 bits per heavy atom. The van der Waals surface area contributed by atoms with Crippen molar-refractivity contribution in [2.45, 2.75) is 19.4 Å². The van der Waals surface area contributed by atoms with Gasteiger partial charge in [0.15, 0.2) is 0 Å². The molecular formula is C15H14Cl3NO. The van der Waals surface area contributed by atoms with E-state index in [1.54, 1.807) is 12.1 Å². The van der Waals surface area contributed by atoms with Crippen LogP contribution in [0, 0.1) is 0 Å². The van der Waals surface area contributed by atoms with Gasteiger partial charge in [0.25, 0.3) is 0 Å². The number of ether oxygens (including phenoxy) is 1. The molecule has 2 aromatic rings. The summed E-state index contributed by atoms with van der Waals surface area (Å²) in [5, 5.41) is 1.19. The maximum Gasteiger partial charge on any atom is 0.147 e. The van der Waals surface area contributed by atoms with E-state index in [-0.39, 0.29) is 6.04 Å². The zero-order chi connectivity index (χ0) is 14.7. The highest BCUT2D eigenvalue weighted by Crippen LogP contribution is 2.38. The van der Waals surface area contributed by atoms with Crippen molar-refractivity contribution < 1.29 is 4.74 Å². The smallest absolute Gasteiger partial charge is 0.147 e. The third-order valence-corrected chi connectivity index (χ3v) is 3.97. The van der Waals surface area contributed by atoms with Crippen LogP contribution in [0.15, 0.2) is 36.4 Å². The normalized spacial score (nSPS) is 12.2. The number of benzene rings is 2. The summed E-state index contributed by atoms with van der Waals surface area (Å²) in [6, 6.07) is 10.7. The van der Waals surface area contributed by atoms with Gasteiger partial charge >= 0.3 is 0 Å². The average molecular weight is 331 g/mol. The zero-order valence-electron chi connectivity index (χ0n) is 10.9. The lowest BCUT2D eigenvalue weighted by atomic mass is 10.0. The first-order valence-corrected chi connectivity index (χ1v) is 7.33. The third-order valence-electron chi connectivity index (χ3n) is 2.95. The van der Waals surface area contributed by atoms with Gasteiger partial charge in [-0.05, 0) is 18.6 Å². The van der Waals surface area contributed by atoms with Crippen LogP contribution < -0.4 is 10.5 Å².